The first-order valence-corrected chi connectivity index (χ1v) is 7.21. The molecule has 1 atom stereocenters. The van der Waals surface area contributed by atoms with Crippen LogP contribution >= 0.6 is 11.6 Å². The highest BCUT2D eigenvalue weighted by atomic mass is 35.5. The Bertz CT molecular complexity index is 480. The third-order valence-electron chi connectivity index (χ3n) is 4.14. The number of fused-ring (bicyclic) bond motifs is 1. The molecule has 0 amide bonds. The maximum absolute atomic E-state index is 6.69. The molecule has 2 rings (SSSR count). The van der Waals surface area contributed by atoms with Gasteiger partial charge in [-0.2, -0.15) is 0 Å². The van der Waals surface area contributed by atoms with Crippen LogP contribution in [0.25, 0.3) is 0 Å². The van der Waals surface area contributed by atoms with Gasteiger partial charge in [0, 0.05) is 5.56 Å². The van der Waals surface area contributed by atoms with E-state index < -0.39 is 0 Å². The van der Waals surface area contributed by atoms with Gasteiger partial charge in [-0.1, -0.05) is 13.8 Å². The van der Waals surface area contributed by atoms with Gasteiger partial charge < -0.3 is 9.47 Å². The number of rotatable bonds is 2. The Morgan fingerprint density at radius 1 is 1.26 bits per heavy atom. The molecule has 19 heavy (non-hydrogen) atoms. The summed E-state index contributed by atoms with van der Waals surface area (Å²) in [7, 11) is 3.36. The number of methoxy groups -OCH3 is 2. The number of alkyl halides is 1. The monoisotopic (exact) mass is 282 g/mol. The lowest BCUT2D eigenvalue weighted by Gasteiger charge is -2.24. The highest BCUT2D eigenvalue weighted by Crippen LogP contribution is 2.49. The van der Waals surface area contributed by atoms with Gasteiger partial charge in [-0.15, -0.1) is 11.6 Å². The quantitative estimate of drug-likeness (QED) is 0.580. The van der Waals surface area contributed by atoms with Crippen LogP contribution in [0.5, 0.6) is 11.5 Å². The summed E-state index contributed by atoms with van der Waals surface area (Å²) in [5.41, 5.74) is 3.97. The Morgan fingerprint density at radius 3 is 2.53 bits per heavy atom. The van der Waals surface area contributed by atoms with Gasteiger partial charge >= 0.3 is 0 Å². The summed E-state index contributed by atoms with van der Waals surface area (Å²) in [6.07, 6.45) is 3.17. The molecule has 0 heterocycles. The molecule has 106 valence electrons. The predicted molar refractivity (Wildman–Crippen MR) is 79.6 cm³/mol. The topological polar surface area (TPSA) is 18.5 Å². The second-order valence-corrected chi connectivity index (χ2v) is 6.68. The van der Waals surface area contributed by atoms with Crippen LogP contribution < -0.4 is 9.47 Å². The number of hydrogen-bond acceptors (Lipinski definition) is 2. The van der Waals surface area contributed by atoms with Gasteiger partial charge in [0.15, 0.2) is 11.5 Å². The maximum atomic E-state index is 6.69. The van der Waals surface area contributed by atoms with Crippen molar-refractivity contribution in [1.29, 1.82) is 0 Å². The van der Waals surface area contributed by atoms with Crippen LogP contribution in [0.1, 0.15) is 48.8 Å². The number of benzene rings is 1. The van der Waals surface area contributed by atoms with E-state index in [1.165, 1.54) is 11.1 Å². The molecule has 0 bridgehead atoms. The van der Waals surface area contributed by atoms with Crippen LogP contribution in [-0.2, 0) is 6.42 Å². The average molecular weight is 283 g/mol. The summed E-state index contributed by atoms with van der Waals surface area (Å²) in [5, 5.41) is -0.0174. The molecule has 1 aliphatic carbocycles. The van der Waals surface area contributed by atoms with Gasteiger partial charge in [-0.05, 0) is 48.8 Å². The second-order valence-electron chi connectivity index (χ2n) is 6.16. The van der Waals surface area contributed by atoms with E-state index in [2.05, 4.69) is 26.8 Å². The van der Waals surface area contributed by atoms with Crippen LogP contribution in [0, 0.1) is 12.3 Å². The maximum Gasteiger partial charge on any atom is 0.165 e. The molecule has 0 saturated carbocycles. The minimum atomic E-state index is -0.0174. The van der Waals surface area contributed by atoms with Crippen molar-refractivity contribution in [1.82, 2.24) is 0 Å². The van der Waals surface area contributed by atoms with Gasteiger partial charge in [-0.25, -0.2) is 0 Å². The summed E-state index contributed by atoms with van der Waals surface area (Å²) in [6.45, 7) is 6.70. The fourth-order valence-corrected chi connectivity index (χ4v) is 3.66. The standard InChI is InChI=1S/C16H23ClO2/c1-10-8-13(18-4)15(19-5)14-11(10)6-7-16(2,3)9-12(14)17/h8,12H,6-7,9H2,1-5H3. The van der Waals surface area contributed by atoms with Crippen molar-refractivity contribution >= 4 is 11.6 Å². The van der Waals surface area contributed by atoms with Gasteiger partial charge in [0.1, 0.15) is 0 Å². The first kappa shape index (κ1) is 14.5. The lowest BCUT2D eigenvalue weighted by Crippen LogP contribution is -2.11. The minimum absolute atomic E-state index is 0.0174. The third kappa shape index (κ3) is 2.69. The summed E-state index contributed by atoms with van der Waals surface area (Å²) in [4.78, 5) is 0. The molecule has 0 aromatic heterocycles. The molecular formula is C16H23ClO2. The lowest BCUT2D eigenvalue weighted by molar-refractivity contribution is 0.311. The first-order chi connectivity index (χ1) is 8.89. The summed E-state index contributed by atoms with van der Waals surface area (Å²) >= 11 is 6.69. The van der Waals surface area contributed by atoms with Crippen molar-refractivity contribution < 1.29 is 9.47 Å². The van der Waals surface area contributed by atoms with Crippen molar-refractivity contribution in [2.75, 3.05) is 14.2 Å². The highest BCUT2D eigenvalue weighted by Gasteiger charge is 2.32. The molecule has 0 fully saturated rings. The molecular weight excluding hydrogens is 260 g/mol. The van der Waals surface area contributed by atoms with E-state index in [9.17, 15) is 0 Å². The predicted octanol–water partition coefficient (Wildman–Crippen LogP) is 4.65. The van der Waals surface area contributed by atoms with Crippen molar-refractivity contribution in [3.05, 3.63) is 22.8 Å². The average Bonchev–Trinajstić information content (AvgIpc) is 2.46. The van der Waals surface area contributed by atoms with Crippen molar-refractivity contribution in [3.8, 4) is 11.5 Å². The molecule has 0 radical (unpaired) electrons. The van der Waals surface area contributed by atoms with Crippen LogP contribution in [0.15, 0.2) is 6.07 Å². The number of ether oxygens (including phenoxy) is 2. The van der Waals surface area contributed by atoms with Crippen molar-refractivity contribution in [3.63, 3.8) is 0 Å². The summed E-state index contributed by atoms with van der Waals surface area (Å²) < 4.78 is 11.0. The smallest absolute Gasteiger partial charge is 0.165 e. The molecule has 2 nitrogen and oxygen atoms in total. The molecule has 1 unspecified atom stereocenters. The van der Waals surface area contributed by atoms with Gasteiger partial charge in [0.25, 0.3) is 0 Å². The Hall–Kier alpha value is -0.890. The first-order valence-electron chi connectivity index (χ1n) is 6.78. The Balaban J connectivity index is 2.62. The Kier molecular flexibility index (Phi) is 4.00. The molecule has 3 heteroatoms. The molecule has 0 spiro atoms. The normalized spacial score (nSPS) is 21.5. The zero-order valence-corrected chi connectivity index (χ0v) is 13.2. The number of aryl methyl sites for hydroxylation is 1. The molecule has 0 N–H and O–H groups in total. The van der Waals surface area contributed by atoms with Gasteiger partial charge in [0.05, 0.1) is 19.6 Å². The van der Waals surface area contributed by atoms with Crippen LogP contribution in [-0.4, -0.2) is 14.2 Å². The molecule has 0 saturated heterocycles. The Morgan fingerprint density at radius 2 is 1.95 bits per heavy atom. The summed E-state index contributed by atoms with van der Waals surface area (Å²) in [5.74, 6) is 1.59. The fraction of sp³-hybridized carbons (Fsp3) is 0.625. The van der Waals surface area contributed by atoms with E-state index in [4.69, 9.17) is 21.1 Å². The summed E-state index contributed by atoms with van der Waals surface area (Å²) in [6, 6.07) is 2.06. The van der Waals surface area contributed by atoms with Crippen molar-refractivity contribution in [2.24, 2.45) is 5.41 Å². The van der Waals surface area contributed by atoms with E-state index in [-0.39, 0.29) is 10.8 Å². The van der Waals surface area contributed by atoms with Crippen LogP contribution in [0.4, 0.5) is 0 Å². The molecule has 1 aromatic rings. The molecule has 1 aromatic carbocycles. The van der Waals surface area contributed by atoms with Gasteiger partial charge in [-0.3, -0.25) is 0 Å². The van der Waals surface area contributed by atoms with Gasteiger partial charge in [0.2, 0.25) is 0 Å². The zero-order chi connectivity index (χ0) is 14.2. The highest BCUT2D eigenvalue weighted by molar-refractivity contribution is 6.21. The third-order valence-corrected chi connectivity index (χ3v) is 4.51. The van der Waals surface area contributed by atoms with E-state index in [1.54, 1.807) is 14.2 Å². The largest absolute Gasteiger partial charge is 0.493 e. The van der Waals surface area contributed by atoms with E-state index in [0.29, 0.717) is 0 Å². The minimum Gasteiger partial charge on any atom is -0.493 e. The van der Waals surface area contributed by atoms with E-state index in [0.717, 1.165) is 36.3 Å². The lowest BCUT2D eigenvalue weighted by atomic mass is 9.84. The SMILES string of the molecule is COc1cc(C)c2c(c1OC)C(Cl)CC(C)(C)CC2. The van der Waals surface area contributed by atoms with E-state index in [1.807, 2.05) is 0 Å². The molecule has 0 aliphatic heterocycles. The molecule has 1 aliphatic rings. The number of halogens is 1. The van der Waals surface area contributed by atoms with Crippen LogP contribution in [0.3, 0.4) is 0 Å². The number of hydrogen-bond donors (Lipinski definition) is 0. The fourth-order valence-electron chi connectivity index (χ4n) is 3.01. The zero-order valence-electron chi connectivity index (χ0n) is 12.5. The van der Waals surface area contributed by atoms with Crippen molar-refractivity contribution in [2.45, 2.75) is 45.4 Å². The van der Waals surface area contributed by atoms with Crippen LogP contribution in [0.2, 0.25) is 0 Å². The van der Waals surface area contributed by atoms with E-state index >= 15 is 0 Å². The second kappa shape index (κ2) is 5.24. The Labute approximate surface area is 121 Å².